The lowest BCUT2D eigenvalue weighted by atomic mass is 9.88. The predicted octanol–water partition coefficient (Wildman–Crippen LogP) is 5.00. The topological polar surface area (TPSA) is 188 Å². The number of ether oxygens (including phenoxy) is 2. The van der Waals surface area contributed by atoms with Crippen molar-refractivity contribution in [3.8, 4) is 11.6 Å². The predicted molar refractivity (Wildman–Crippen MR) is 220 cm³/mol. The third-order valence-electron chi connectivity index (χ3n) is 12.2. The van der Waals surface area contributed by atoms with Crippen molar-refractivity contribution in [2.45, 2.75) is 114 Å². The molecule has 4 aliphatic rings. The number of amides is 4. The minimum absolute atomic E-state index is 0.0202. The van der Waals surface area contributed by atoms with E-state index in [-0.39, 0.29) is 31.2 Å². The molecule has 0 radical (unpaired) electrons. The van der Waals surface area contributed by atoms with Crippen LogP contribution in [0.5, 0.6) is 11.6 Å². The molecule has 6 rings (SSSR count). The molecule has 0 spiro atoms. The van der Waals surface area contributed by atoms with Crippen LogP contribution in [0.15, 0.2) is 36.4 Å². The monoisotopic (exact) mass is 859 g/mol. The number of nitrogens with zero attached hydrogens (tertiary/aromatic N) is 3. The van der Waals surface area contributed by atoms with Crippen molar-refractivity contribution < 1.29 is 50.3 Å². The molecule has 2 aromatic rings. The van der Waals surface area contributed by atoms with Gasteiger partial charge in [0.05, 0.1) is 18.3 Å². The summed E-state index contributed by atoms with van der Waals surface area (Å²) in [5, 5.41) is 6.19. The van der Waals surface area contributed by atoms with Gasteiger partial charge in [-0.3, -0.25) is 19.1 Å². The summed E-state index contributed by atoms with van der Waals surface area (Å²) in [6, 6.07) is 4.78. The third-order valence-corrected chi connectivity index (χ3v) is 14.0. The lowest BCUT2D eigenvalue weighted by molar-refractivity contribution is -0.366. The molecule has 15 nitrogen and oxygen atoms in total. The molecule has 18 heteroatoms. The second-order valence-electron chi connectivity index (χ2n) is 17.7. The lowest BCUT2D eigenvalue weighted by Gasteiger charge is -2.35. The van der Waals surface area contributed by atoms with E-state index in [4.69, 9.17) is 18.9 Å². The highest BCUT2D eigenvalue weighted by atomic mass is 32.2. The van der Waals surface area contributed by atoms with Gasteiger partial charge in [0.2, 0.25) is 21.8 Å². The van der Waals surface area contributed by atoms with Crippen molar-refractivity contribution in [3.63, 3.8) is 0 Å². The number of sulfonamides is 1. The highest BCUT2D eigenvalue weighted by Crippen LogP contribution is 2.46. The van der Waals surface area contributed by atoms with Gasteiger partial charge >= 0.3 is 18.3 Å². The summed E-state index contributed by atoms with van der Waals surface area (Å²) in [6.07, 6.45) is 6.72. The van der Waals surface area contributed by atoms with E-state index in [2.05, 4.69) is 15.4 Å². The molecule has 3 fully saturated rings. The lowest BCUT2D eigenvalue weighted by Crippen LogP contribution is -2.59. The molecule has 1 saturated heterocycles. The van der Waals surface area contributed by atoms with Crippen molar-refractivity contribution in [3.05, 3.63) is 36.4 Å². The zero-order valence-corrected chi connectivity index (χ0v) is 36.2. The number of methoxy groups -OCH3 is 1. The van der Waals surface area contributed by atoms with E-state index in [9.17, 15) is 36.4 Å². The van der Waals surface area contributed by atoms with Crippen molar-refractivity contribution in [1.82, 2.24) is 25.2 Å². The van der Waals surface area contributed by atoms with Gasteiger partial charge in [0.25, 0.3) is 11.8 Å². The first-order chi connectivity index (χ1) is 28.0. The summed E-state index contributed by atoms with van der Waals surface area (Å²) in [7, 11) is 1.27. The number of halogens is 2. The molecule has 1 aromatic carbocycles. The molecular weight excluding hydrogens is 803 g/mol. The number of pyridine rings is 1. The van der Waals surface area contributed by atoms with Crippen LogP contribution in [0.2, 0.25) is 0 Å². The number of aromatic nitrogens is 1. The summed E-state index contributed by atoms with van der Waals surface area (Å²) >= 11 is 0. The number of hydrogen-bond acceptors (Lipinski definition) is 10. The molecule has 3 N–H and O–H groups in total. The van der Waals surface area contributed by atoms with E-state index < -0.39 is 86.0 Å². The maximum atomic E-state index is 14.8. The molecule has 7 unspecified atom stereocenters. The maximum Gasteiger partial charge on any atom is 0.461 e. The molecule has 3 heterocycles. The molecule has 4 amide bonds. The Labute approximate surface area is 349 Å². The molecule has 7 atom stereocenters. The van der Waals surface area contributed by atoms with Crippen molar-refractivity contribution in [2.24, 2.45) is 23.7 Å². The number of allylic oxidation sites excluding steroid dienone is 1. The number of hydrogen-bond donors (Lipinski definition) is 3. The van der Waals surface area contributed by atoms with Gasteiger partial charge in [-0.05, 0) is 94.9 Å². The van der Waals surface area contributed by atoms with Gasteiger partial charge in [-0.1, -0.05) is 26.0 Å². The number of nitrogens with one attached hydrogen (secondary N) is 3. The summed E-state index contributed by atoms with van der Waals surface area (Å²) in [4.78, 5) is 64.4. The van der Waals surface area contributed by atoms with Crippen LogP contribution >= 0.6 is 0 Å². The minimum Gasteiger partial charge on any atom is -0.497 e. The molecule has 2 aliphatic heterocycles. The van der Waals surface area contributed by atoms with E-state index in [0.29, 0.717) is 56.0 Å². The number of rotatable bonds is 10. The fraction of sp³-hybridized carbons (Fsp3) is 0.619. The second-order valence-corrected chi connectivity index (χ2v) is 19.7. The highest BCUT2D eigenvalue weighted by Gasteiger charge is 2.62. The quantitative estimate of drug-likeness (QED) is 0.167. The Kier molecular flexibility index (Phi) is 12.6. The number of aldehydes is 1. The zero-order chi connectivity index (χ0) is 43.9. The molecule has 2 aliphatic carbocycles. The number of carbonyl (C=O) groups is 4. The van der Waals surface area contributed by atoms with Crippen molar-refractivity contribution >= 4 is 56.7 Å². The molecular formula is C42H57F2N6O9S+. The number of anilines is 1. The van der Waals surface area contributed by atoms with Crippen LogP contribution in [0.1, 0.15) is 79.6 Å². The minimum atomic E-state index is -3.96. The van der Waals surface area contributed by atoms with Gasteiger partial charge in [0.15, 0.2) is 5.60 Å². The SMILES string of the molecule is COc1ccc2c([O+]=CC3CC4C(=O)NC5(C(=O)NS(=O)(=O)C6CC6)CC5C=CCCC(C)CC(C)C(NC(=O)OC(C)(C)C(C)(F)F)C(=O)N4C3)nc(N(C)C)cc2c1. The van der Waals surface area contributed by atoms with E-state index in [1.807, 2.05) is 50.2 Å². The standard InChI is InChI=1S/C42H56F2N6O9S/c1-24-11-9-10-12-28-21-42(28,38(53)48-60(55,56)30-14-15-30)47-35(51)32-18-26(23-58-36-31-16-13-29(57-8)19-27(31)20-33(45-36)49(6)7)22-50(32)37(52)34(25(2)17-24)46-39(54)59-40(3,4)41(5,43)44/h10,12-13,16,19-20,23-26,28,30,32,34H,9,11,14-15,17-18,21-22H2,1-8H3,(H2-,46,47,48,51,53,54)/p+1. The Morgan fingerprint density at radius 1 is 1.10 bits per heavy atom. The molecule has 1 aromatic heterocycles. The number of alkyl halides is 2. The van der Waals surface area contributed by atoms with Gasteiger partial charge in [-0.2, -0.15) is 4.42 Å². The summed E-state index contributed by atoms with van der Waals surface area (Å²) in [5.41, 5.74) is -3.80. The van der Waals surface area contributed by atoms with Crippen LogP contribution in [0.4, 0.5) is 19.4 Å². The number of alkyl carbamates (subject to hydrolysis) is 1. The Morgan fingerprint density at radius 2 is 1.82 bits per heavy atom. The third kappa shape index (κ3) is 9.68. The van der Waals surface area contributed by atoms with Crippen molar-refractivity contribution in [1.29, 1.82) is 0 Å². The van der Waals surface area contributed by atoms with Crippen LogP contribution in [0.25, 0.3) is 10.8 Å². The Balaban J connectivity index is 1.37. The number of carbonyl (C=O) groups excluding carboxylic acids is 5. The summed E-state index contributed by atoms with van der Waals surface area (Å²) in [6.45, 7) is 6.46. The molecule has 2 saturated carbocycles. The van der Waals surface area contributed by atoms with Crippen LogP contribution < -0.4 is 25.0 Å². The summed E-state index contributed by atoms with van der Waals surface area (Å²) in [5.74, 6) is -5.74. The zero-order valence-electron chi connectivity index (χ0n) is 35.4. The van der Waals surface area contributed by atoms with Gasteiger partial charge in [0.1, 0.15) is 34.6 Å². The van der Waals surface area contributed by atoms with E-state index >= 15 is 0 Å². The molecule has 60 heavy (non-hydrogen) atoms. The first kappa shape index (κ1) is 44.7. The first-order valence-corrected chi connectivity index (χ1v) is 22.0. The highest BCUT2D eigenvalue weighted by molar-refractivity contribution is 7.91. The molecule has 328 valence electrons. The largest absolute Gasteiger partial charge is 0.497 e. The van der Waals surface area contributed by atoms with Gasteiger partial charge in [0, 0.05) is 38.9 Å². The smallest absolute Gasteiger partial charge is 0.461 e. The normalized spacial score (nSPS) is 27.9. The van der Waals surface area contributed by atoms with Crippen LogP contribution in [-0.2, 0) is 33.6 Å². The van der Waals surface area contributed by atoms with Crippen molar-refractivity contribution in [2.75, 3.05) is 32.6 Å². The first-order valence-electron chi connectivity index (χ1n) is 20.4. The number of benzene rings is 1. The Morgan fingerprint density at radius 3 is 2.47 bits per heavy atom. The Bertz CT molecular complexity index is 2170. The average molecular weight is 860 g/mol. The Hall–Kier alpha value is -4.87. The van der Waals surface area contributed by atoms with Crippen LogP contribution in [0, 0.1) is 23.7 Å². The van der Waals surface area contributed by atoms with Gasteiger partial charge in [-0.25, -0.2) is 22.0 Å². The van der Waals surface area contributed by atoms with Crippen LogP contribution in [0.3, 0.4) is 0 Å². The average Bonchev–Trinajstić information content (AvgIpc) is 4.09. The van der Waals surface area contributed by atoms with E-state index in [1.54, 1.807) is 26.2 Å². The van der Waals surface area contributed by atoms with Crippen LogP contribution in [-0.4, -0.2) is 111 Å². The number of fused-ring (bicyclic) bond motifs is 3. The second kappa shape index (κ2) is 16.9. The fourth-order valence-electron chi connectivity index (χ4n) is 7.86. The van der Waals surface area contributed by atoms with Gasteiger partial charge in [-0.15, -0.1) is 4.98 Å². The maximum absolute atomic E-state index is 14.8. The van der Waals surface area contributed by atoms with E-state index in [1.165, 1.54) is 11.2 Å². The van der Waals surface area contributed by atoms with E-state index in [0.717, 1.165) is 19.2 Å². The fourth-order valence-corrected chi connectivity index (χ4v) is 9.22. The molecule has 0 bridgehead atoms. The summed E-state index contributed by atoms with van der Waals surface area (Å²) < 4.78 is 73.8. The van der Waals surface area contributed by atoms with Gasteiger partial charge < -0.3 is 29.9 Å².